The first-order valence-electron chi connectivity index (χ1n) is 9.49. The Hall–Kier alpha value is -2.94. The van der Waals surface area contributed by atoms with Crippen LogP contribution in [0.25, 0.3) is 10.9 Å². The number of nitrogens with zero attached hydrogens (tertiary/aromatic N) is 3. The van der Waals surface area contributed by atoms with Crippen LogP contribution in [0.2, 0.25) is 0 Å². The van der Waals surface area contributed by atoms with E-state index in [1.807, 2.05) is 0 Å². The van der Waals surface area contributed by atoms with Crippen LogP contribution in [0.5, 0.6) is 0 Å². The third-order valence-electron chi connectivity index (χ3n) is 5.12. The molecule has 0 spiro atoms. The molecule has 1 fully saturated rings. The van der Waals surface area contributed by atoms with Crippen molar-refractivity contribution in [2.45, 2.75) is 43.9 Å². The van der Waals surface area contributed by atoms with Crippen molar-refractivity contribution in [1.82, 2.24) is 15.0 Å². The number of rotatable bonds is 4. The molecule has 2 heterocycles. The quantitative estimate of drug-likeness (QED) is 0.597. The van der Waals surface area contributed by atoms with Crippen LogP contribution < -0.4 is 16.4 Å². The molecule has 0 radical (unpaired) electrons. The highest BCUT2D eigenvalue weighted by atomic mass is 19.4. The summed E-state index contributed by atoms with van der Waals surface area (Å²) >= 11 is 0. The zero-order chi connectivity index (χ0) is 20.4. The Morgan fingerprint density at radius 3 is 2.62 bits per heavy atom. The number of nitrogens with one attached hydrogen (secondary N) is 2. The van der Waals surface area contributed by atoms with E-state index >= 15 is 0 Å². The number of hydrogen-bond acceptors (Lipinski definition) is 6. The van der Waals surface area contributed by atoms with Crippen molar-refractivity contribution in [1.29, 1.82) is 0 Å². The first kappa shape index (κ1) is 19.4. The lowest BCUT2D eigenvalue weighted by molar-refractivity contribution is -0.136. The standard InChI is InChI=1S/C20H21F3N6/c21-20(22,23)13-5-1-3-7-16(13)26-18-12-11-25-10-9-15(12)27-19(29-18)28-17-8-4-2-6-14(17)24/h1,3,5,7,9-11,14,17H,2,4,6,8,24H2,(H2,26,27,28,29)/t14-,17+/m0/s1. The first-order chi connectivity index (χ1) is 13.9. The van der Waals surface area contributed by atoms with E-state index in [0.717, 1.165) is 31.7 Å². The van der Waals surface area contributed by atoms with Crippen molar-refractivity contribution < 1.29 is 13.2 Å². The Morgan fingerprint density at radius 2 is 1.83 bits per heavy atom. The molecule has 1 saturated carbocycles. The number of pyridine rings is 1. The summed E-state index contributed by atoms with van der Waals surface area (Å²) < 4.78 is 40.2. The molecule has 2 atom stereocenters. The average molecular weight is 402 g/mol. The van der Waals surface area contributed by atoms with Gasteiger partial charge in [-0.25, -0.2) is 4.98 Å². The monoisotopic (exact) mass is 402 g/mol. The van der Waals surface area contributed by atoms with Gasteiger partial charge in [0.1, 0.15) is 5.82 Å². The van der Waals surface area contributed by atoms with Crippen LogP contribution in [0, 0.1) is 0 Å². The molecule has 2 aromatic heterocycles. The summed E-state index contributed by atoms with van der Waals surface area (Å²) in [4.78, 5) is 13.0. The van der Waals surface area contributed by atoms with Crippen molar-refractivity contribution in [3.05, 3.63) is 48.3 Å². The van der Waals surface area contributed by atoms with Gasteiger partial charge in [-0.1, -0.05) is 25.0 Å². The van der Waals surface area contributed by atoms with E-state index in [-0.39, 0.29) is 23.6 Å². The summed E-state index contributed by atoms with van der Waals surface area (Å²) in [6.07, 6.45) is 2.60. The van der Waals surface area contributed by atoms with Gasteiger partial charge in [-0.2, -0.15) is 18.2 Å². The fraction of sp³-hybridized carbons (Fsp3) is 0.350. The third-order valence-corrected chi connectivity index (χ3v) is 5.12. The fourth-order valence-corrected chi connectivity index (χ4v) is 3.60. The van der Waals surface area contributed by atoms with E-state index < -0.39 is 11.7 Å². The van der Waals surface area contributed by atoms with E-state index in [9.17, 15) is 13.2 Å². The number of benzene rings is 1. The number of para-hydroxylation sites is 1. The topological polar surface area (TPSA) is 88.8 Å². The Bertz CT molecular complexity index is 1010. The number of aromatic nitrogens is 3. The molecule has 0 unspecified atom stereocenters. The lowest BCUT2D eigenvalue weighted by Gasteiger charge is -2.29. The fourth-order valence-electron chi connectivity index (χ4n) is 3.60. The van der Waals surface area contributed by atoms with Gasteiger partial charge in [0.25, 0.3) is 0 Å². The van der Waals surface area contributed by atoms with E-state index in [1.54, 1.807) is 18.3 Å². The van der Waals surface area contributed by atoms with Gasteiger partial charge in [-0.15, -0.1) is 0 Å². The number of fused-ring (bicyclic) bond motifs is 1. The smallest absolute Gasteiger partial charge is 0.350 e. The van der Waals surface area contributed by atoms with Crippen LogP contribution in [0.4, 0.5) is 30.6 Å². The van der Waals surface area contributed by atoms with Crippen molar-refractivity contribution in [2.75, 3.05) is 10.6 Å². The molecule has 29 heavy (non-hydrogen) atoms. The van der Waals surface area contributed by atoms with Crippen LogP contribution in [-0.4, -0.2) is 27.0 Å². The molecule has 0 amide bonds. The van der Waals surface area contributed by atoms with Crippen molar-refractivity contribution in [3.63, 3.8) is 0 Å². The van der Waals surface area contributed by atoms with Gasteiger partial charge in [-0.3, -0.25) is 4.98 Å². The predicted molar refractivity (Wildman–Crippen MR) is 106 cm³/mol. The van der Waals surface area contributed by atoms with Crippen molar-refractivity contribution in [3.8, 4) is 0 Å². The maximum absolute atomic E-state index is 13.4. The lowest BCUT2D eigenvalue weighted by Crippen LogP contribution is -2.43. The number of hydrogen-bond donors (Lipinski definition) is 3. The van der Waals surface area contributed by atoms with Gasteiger partial charge in [-0.05, 0) is 31.0 Å². The zero-order valence-electron chi connectivity index (χ0n) is 15.6. The van der Waals surface area contributed by atoms with E-state index in [2.05, 4.69) is 25.6 Å². The molecule has 0 saturated heterocycles. The second-order valence-electron chi connectivity index (χ2n) is 7.16. The number of nitrogens with two attached hydrogens (primary N) is 1. The third kappa shape index (κ3) is 4.24. The molecule has 1 aliphatic rings. The van der Waals surface area contributed by atoms with Gasteiger partial charge < -0.3 is 16.4 Å². The summed E-state index contributed by atoms with van der Waals surface area (Å²) in [6.45, 7) is 0. The van der Waals surface area contributed by atoms with Gasteiger partial charge in [0.05, 0.1) is 22.2 Å². The molecule has 4 N–H and O–H groups in total. The Balaban J connectivity index is 1.72. The second kappa shape index (κ2) is 7.82. The SMILES string of the molecule is N[C@H]1CCCC[C@H]1Nc1nc(Nc2ccccc2C(F)(F)F)c2cnccc2n1. The summed E-state index contributed by atoms with van der Waals surface area (Å²) in [5, 5.41) is 6.62. The molecule has 152 valence electrons. The molecule has 0 aliphatic heterocycles. The molecule has 6 nitrogen and oxygen atoms in total. The van der Waals surface area contributed by atoms with Gasteiger partial charge in [0, 0.05) is 24.5 Å². The summed E-state index contributed by atoms with van der Waals surface area (Å²) in [5.74, 6) is 0.588. The van der Waals surface area contributed by atoms with Crippen LogP contribution in [0.1, 0.15) is 31.2 Å². The molecule has 1 aliphatic carbocycles. The Labute approximate surface area is 165 Å². The largest absolute Gasteiger partial charge is 0.418 e. The van der Waals surface area contributed by atoms with Crippen molar-refractivity contribution in [2.24, 2.45) is 5.73 Å². The van der Waals surface area contributed by atoms with Crippen LogP contribution >= 0.6 is 0 Å². The van der Waals surface area contributed by atoms with Crippen LogP contribution in [0.15, 0.2) is 42.7 Å². The molecular weight excluding hydrogens is 381 g/mol. The number of halogens is 3. The Morgan fingerprint density at radius 1 is 1.03 bits per heavy atom. The maximum atomic E-state index is 13.4. The molecular formula is C20H21F3N6. The normalized spacial score (nSPS) is 19.9. The molecule has 0 bridgehead atoms. The van der Waals surface area contributed by atoms with Gasteiger partial charge >= 0.3 is 6.18 Å². The minimum atomic E-state index is -4.49. The molecule has 1 aromatic carbocycles. The van der Waals surface area contributed by atoms with Crippen LogP contribution in [0.3, 0.4) is 0 Å². The molecule has 4 rings (SSSR count). The highest BCUT2D eigenvalue weighted by molar-refractivity contribution is 5.91. The molecule has 3 aromatic rings. The minimum absolute atomic E-state index is 0.0112. The van der Waals surface area contributed by atoms with Gasteiger partial charge in [0.2, 0.25) is 5.95 Å². The highest BCUT2D eigenvalue weighted by Gasteiger charge is 2.33. The van der Waals surface area contributed by atoms with E-state index in [4.69, 9.17) is 5.73 Å². The summed E-state index contributed by atoms with van der Waals surface area (Å²) in [6, 6.07) is 7.01. The zero-order valence-corrected chi connectivity index (χ0v) is 15.6. The Kier molecular flexibility index (Phi) is 5.23. The minimum Gasteiger partial charge on any atom is -0.350 e. The lowest BCUT2D eigenvalue weighted by atomic mass is 9.91. The number of anilines is 3. The summed E-state index contributed by atoms with van der Waals surface area (Å²) in [5.41, 5.74) is 5.93. The van der Waals surface area contributed by atoms with Crippen molar-refractivity contribution >= 4 is 28.4 Å². The van der Waals surface area contributed by atoms with Gasteiger partial charge in [0.15, 0.2) is 0 Å². The second-order valence-corrected chi connectivity index (χ2v) is 7.16. The highest BCUT2D eigenvalue weighted by Crippen LogP contribution is 2.36. The first-order valence-corrected chi connectivity index (χ1v) is 9.49. The maximum Gasteiger partial charge on any atom is 0.418 e. The predicted octanol–water partition coefficient (Wildman–Crippen LogP) is 4.47. The average Bonchev–Trinajstić information content (AvgIpc) is 2.69. The van der Waals surface area contributed by atoms with Crippen LogP contribution in [-0.2, 0) is 6.18 Å². The van der Waals surface area contributed by atoms with E-state index in [0.29, 0.717) is 16.9 Å². The summed E-state index contributed by atoms with van der Waals surface area (Å²) in [7, 11) is 0. The van der Waals surface area contributed by atoms with E-state index in [1.165, 1.54) is 18.3 Å². The molecule has 9 heteroatoms. The number of alkyl halides is 3.